The molecule has 1 aliphatic heterocycles. The smallest absolute Gasteiger partial charge is 0.0750 e. The summed E-state index contributed by atoms with van der Waals surface area (Å²) >= 11 is 0. The highest BCUT2D eigenvalue weighted by Gasteiger charge is 2.19. The molecule has 4 heteroatoms. The molecule has 1 atom stereocenters. The monoisotopic (exact) mass is 259 g/mol. The van der Waals surface area contributed by atoms with E-state index in [-0.39, 0.29) is 0 Å². The number of rotatable bonds is 5. The van der Waals surface area contributed by atoms with Crippen LogP contribution in [0.25, 0.3) is 0 Å². The van der Waals surface area contributed by atoms with Crippen molar-refractivity contribution >= 4 is 11.4 Å². The molecule has 19 heavy (non-hydrogen) atoms. The Morgan fingerprint density at radius 1 is 1.53 bits per heavy atom. The second kappa shape index (κ2) is 6.44. The molecule has 0 amide bonds. The predicted molar refractivity (Wildman–Crippen MR) is 77.0 cm³/mol. The van der Waals surface area contributed by atoms with Gasteiger partial charge in [-0.15, -0.1) is 0 Å². The molecular formula is C15H21N3O. The molecule has 2 N–H and O–H groups in total. The van der Waals surface area contributed by atoms with Crippen molar-refractivity contribution in [2.45, 2.75) is 32.3 Å². The van der Waals surface area contributed by atoms with Gasteiger partial charge in [-0.25, -0.2) is 0 Å². The van der Waals surface area contributed by atoms with Gasteiger partial charge in [0.1, 0.15) is 0 Å². The number of nitrogens with two attached hydrogens (primary N) is 1. The summed E-state index contributed by atoms with van der Waals surface area (Å²) in [6.45, 7) is 4.85. The molecule has 1 aromatic rings. The van der Waals surface area contributed by atoms with E-state index in [0.29, 0.717) is 18.2 Å². The number of likely N-dealkylation sites (N-methyl/N-ethyl adjacent to an activating group) is 1. The van der Waals surface area contributed by atoms with Crippen LogP contribution in [-0.2, 0) is 11.2 Å². The molecule has 1 fully saturated rings. The third-order valence-electron chi connectivity index (χ3n) is 3.59. The number of anilines is 2. The van der Waals surface area contributed by atoms with Crippen LogP contribution in [0.1, 0.15) is 25.3 Å². The molecule has 102 valence electrons. The molecule has 0 aromatic heterocycles. The molecule has 1 unspecified atom stereocenters. The van der Waals surface area contributed by atoms with Crippen LogP contribution in [0.15, 0.2) is 18.2 Å². The Hall–Kier alpha value is -1.73. The molecule has 1 aromatic carbocycles. The van der Waals surface area contributed by atoms with Crippen molar-refractivity contribution in [3.63, 3.8) is 0 Å². The minimum Gasteiger partial charge on any atom is -0.398 e. The molecule has 0 spiro atoms. The first-order valence-corrected chi connectivity index (χ1v) is 6.86. The highest BCUT2D eigenvalue weighted by atomic mass is 16.5. The van der Waals surface area contributed by atoms with Crippen LogP contribution in [0.4, 0.5) is 11.4 Å². The minimum atomic E-state index is 0.330. The van der Waals surface area contributed by atoms with Gasteiger partial charge in [0.15, 0.2) is 0 Å². The first-order chi connectivity index (χ1) is 9.24. The number of hydrogen-bond donors (Lipinski definition) is 1. The second-order valence-electron chi connectivity index (χ2n) is 4.89. The fourth-order valence-corrected chi connectivity index (χ4v) is 2.48. The van der Waals surface area contributed by atoms with Crippen molar-refractivity contribution in [2.75, 3.05) is 30.3 Å². The van der Waals surface area contributed by atoms with Crippen molar-refractivity contribution in [2.24, 2.45) is 0 Å². The summed E-state index contributed by atoms with van der Waals surface area (Å²) in [4.78, 5) is 2.29. The Balaban J connectivity index is 2.13. The van der Waals surface area contributed by atoms with Gasteiger partial charge >= 0.3 is 0 Å². The second-order valence-corrected chi connectivity index (χ2v) is 4.89. The Kier molecular flexibility index (Phi) is 4.64. The molecule has 1 aliphatic rings. The normalized spacial score (nSPS) is 18.2. The van der Waals surface area contributed by atoms with Crippen LogP contribution in [0, 0.1) is 11.3 Å². The van der Waals surface area contributed by atoms with Crippen LogP contribution in [0.5, 0.6) is 0 Å². The maximum atomic E-state index is 8.82. The molecule has 0 radical (unpaired) electrons. The van der Waals surface area contributed by atoms with Crippen molar-refractivity contribution in [1.82, 2.24) is 0 Å². The molecule has 0 bridgehead atoms. The summed E-state index contributed by atoms with van der Waals surface area (Å²) in [5, 5.41) is 8.82. The number of hydrogen-bond acceptors (Lipinski definition) is 4. The van der Waals surface area contributed by atoms with Crippen LogP contribution >= 0.6 is 0 Å². The standard InChI is InChI=1S/C15H21N3O/c1-2-18(11-14-4-3-9-19-14)13-5-6-15(17)12(10-13)7-8-16/h5-6,10,14H,2-4,7,9,11,17H2,1H3. The van der Waals surface area contributed by atoms with E-state index in [4.69, 9.17) is 15.7 Å². The summed E-state index contributed by atoms with van der Waals surface area (Å²) in [5.41, 5.74) is 8.61. The summed E-state index contributed by atoms with van der Waals surface area (Å²) in [6, 6.07) is 8.10. The number of nitrogen functional groups attached to an aromatic ring is 1. The third-order valence-corrected chi connectivity index (χ3v) is 3.59. The van der Waals surface area contributed by atoms with Gasteiger partial charge in [0, 0.05) is 31.1 Å². The van der Waals surface area contributed by atoms with Crippen molar-refractivity contribution < 1.29 is 4.74 Å². The van der Waals surface area contributed by atoms with Gasteiger partial charge < -0.3 is 15.4 Å². The first-order valence-electron chi connectivity index (χ1n) is 6.86. The molecule has 2 rings (SSSR count). The lowest BCUT2D eigenvalue weighted by molar-refractivity contribution is 0.115. The summed E-state index contributed by atoms with van der Waals surface area (Å²) in [6.07, 6.45) is 2.98. The summed E-state index contributed by atoms with van der Waals surface area (Å²) in [7, 11) is 0. The zero-order valence-electron chi connectivity index (χ0n) is 11.4. The zero-order valence-corrected chi connectivity index (χ0v) is 11.4. The predicted octanol–water partition coefficient (Wildman–Crippen LogP) is 2.34. The van der Waals surface area contributed by atoms with Crippen LogP contribution in [-0.4, -0.2) is 25.8 Å². The lowest BCUT2D eigenvalue weighted by Crippen LogP contribution is -2.32. The molecule has 0 saturated carbocycles. The average molecular weight is 259 g/mol. The van der Waals surface area contributed by atoms with E-state index in [9.17, 15) is 0 Å². The fraction of sp³-hybridized carbons (Fsp3) is 0.533. The van der Waals surface area contributed by atoms with E-state index in [1.807, 2.05) is 18.2 Å². The van der Waals surface area contributed by atoms with Gasteiger partial charge in [0.05, 0.1) is 18.6 Å². The van der Waals surface area contributed by atoms with Gasteiger partial charge in [-0.3, -0.25) is 0 Å². The molecule has 1 saturated heterocycles. The lowest BCUT2D eigenvalue weighted by Gasteiger charge is -2.26. The van der Waals surface area contributed by atoms with Crippen molar-refractivity contribution in [1.29, 1.82) is 5.26 Å². The van der Waals surface area contributed by atoms with E-state index >= 15 is 0 Å². The highest BCUT2D eigenvalue weighted by Crippen LogP contribution is 2.23. The largest absolute Gasteiger partial charge is 0.398 e. The molecule has 4 nitrogen and oxygen atoms in total. The Morgan fingerprint density at radius 2 is 2.37 bits per heavy atom. The first kappa shape index (κ1) is 13.7. The molecule has 0 aliphatic carbocycles. The molecular weight excluding hydrogens is 238 g/mol. The number of benzene rings is 1. The Bertz CT molecular complexity index is 461. The van der Waals surface area contributed by atoms with Gasteiger partial charge in [-0.1, -0.05) is 0 Å². The van der Waals surface area contributed by atoms with E-state index in [2.05, 4.69) is 17.9 Å². The van der Waals surface area contributed by atoms with Crippen LogP contribution in [0.3, 0.4) is 0 Å². The van der Waals surface area contributed by atoms with Gasteiger partial charge in [-0.2, -0.15) is 5.26 Å². The summed E-state index contributed by atoms with van der Waals surface area (Å²) < 4.78 is 5.69. The van der Waals surface area contributed by atoms with Crippen LogP contribution < -0.4 is 10.6 Å². The lowest BCUT2D eigenvalue weighted by atomic mass is 10.1. The number of nitriles is 1. The number of nitrogens with zero attached hydrogens (tertiary/aromatic N) is 2. The van der Waals surface area contributed by atoms with Gasteiger partial charge in [0.25, 0.3) is 0 Å². The van der Waals surface area contributed by atoms with E-state index in [1.165, 1.54) is 0 Å². The summed E-state index contributed by atoms with van der Waals surface area (Å²) in [5.74, 6) is 0. The van der Waals surface area contributed by atoms with Gasteiger partial charge in [0.2, 0.25) is 0 Å². The quantitative estimate of drug-likeness (QED) is 0.824. The maximum absolute atomic E-state index is 8.82. The Morgan fingerprint density at radius 3 is 3.00 bits per heavy atom. The SMILES string of the molecule is CCN(CC1CCCO1)c1ccc(N)c(CC#N)c1. The van der Waals surface area contributed by atoms with E-state index in [1.54, 1.807) is 0 Å². The molecule has 1 heterocycles. The van der Waals surface area contributed by atoms with Crippen molar-refractivity contribution in [3.8, 4) is 6.07 Å². The Labute approximate surface area is 114 Å². The maximum Gasteiger partial charge on any atom is 0.0750 e. The average Bonchev–Trinajstić information content (AvgIpc) is 2.92. The van der Waals surface area contributed by atoms with Gasteiger partial charge in [-0.05, 0) is 43.5 Å². The van der Waals surface area contributed by atoms with Crippen molar-refractivity contribution in [3.05, 3.63) is 23.8 Å². The van der Waals surface area contributed by atoms with E-state index in [0.717, 1.165) is 43.8 Å². The minimum absolute atomic E-state index is 0.330. The third kappa shape index (κ3) is 3.39. The number of ether oxygens (including phenoxy) is 1. The van der Waals surface area contributed by atoms with E-state index < -0.39 is 0 Å². The fourth-order valence-electron chi connectivity index (χ4n) is 2.48. The highest BCUT2D eigenvalue weighted by molar-refractivity contribution is 5.59. The zero-order chi connectivity index (χ0) is 13.7. The van der Waals surface area contributed by atoms with Crippen LogP contribution in [0.2, 0.25) is 0 Å². The topological polar surface area (TPSA) is 62.3 Å².